The van der Waals surface area contributed by atoms with Crippen LogP contribution in [-0.4, -0.2) is 38.1 Å². The van der Waals surface area contributed by atoms with Gasteiger partial charge in [0.1, 0.15) is 5.82 Å². The van der Waals surface area contributed by atoms with E-state index < -0.39 is 5.82 Å². The molecule has 1 rings (SSSR count). The Kier molecular flexibility index (Phi) is 4.71. The predicted octanol–water partition coefficient (Wildman–Crippen LogP) is 2.20. The van der Waals surface area contributed by atoms with Crippen LogP contribution in [0.5, 0.6) is 0 Å². The zero-order valence-electron chi connectivity index (χ0n) is 9.17. The van der Waals surface area contributed by atoms with Gasteiger partial charge in [-0.15, -0.1) is 0 Å². The van der Waals surface area contributed by atoms with Gasteiger partial charge < -0.3 is 9.64 Å². The van der Waals surface area contributed by atoms with E-state index in [-0.39, 0.29) is 10.9 Å². The Balaban J connectivity index is 2.76. The third-order valence-corrected chi connectivity index (χ3v) is 2.43. The number of likely N-dealkylation sites (N-methyl/N-ethyl adjacent to an activating group) is 1. The molecule has 0 aliphatic heterocycles. The van der Waals surface area contributed by atoms with Gasteiger partial charge in [-0.1, -0.05) is 11.6 Å². The van der Waals surface area contributed by atoms with Crippen molar-refractivity contribution in [2.75, 3.05) is 27.3 Å². The summed E-state index contributed by atoms with van der Waals surface area (Å²) >= 11 is 5.60. The lowest BCUT2D eigenvalue weighted by atomic mass is 10.2. The summed E-state index contributed by atoms with van der Waals surface area (Å²) in [6.07, 6.45) is 0. The van der Waals surface area contributed by atoms with E-state index in [0.29, 0.717) is 18.7 Å². The van der Waals surface area contributed by atoms with Gasteiger partial charge in [-0.25, -0.2) is 4.39 Å². The number of ether oxygens (including phenoxy) is 1. The maximum Gasteiger partial charge on any atom is 0.253 e. The number of benzene rings is 1. The smallest absolute Gasteiger partial charge is 0.253 e. The molecule has 0 fully saturated rings. The fourth-order valence-electron chi connectivity index (χ4n) is 1.18. The standard InChI is InChI=1S/C11H13ClFNO2/c1-14(5-6-16-2)11(15)8-3-4-10(13)9(12)7-8/h3-4,7H,5-6H2,1-2H3. The van der Waals surface area contributed by atoms with E-state index in [2.05, 4.69) is 0 Å². The Labute approximate surface area is 98.8 Å². The van der Waals surface area contributed by atoms with Gasteiger partial charge in [-0.2, -0.15) is 0 Å². The summed E-state index contributed by atoms with van der Waals surface area (Å²) in [6, 6.07) is 3.91. The van der Waals surface area contributed by atoms with E-state index >= 15 is 0 Å². The minimum absolute atomic E-state index is 0.0500. The number of carbonyl (C=O) groups is 1. The number of rotatable bonds is 4. The van der Waals surface area contributed by atoms with Crippen LogP contribution in [0.25, 0.3) is 0 Å². The van der Waals surface area contributed by atoms with Gasteiger partial charge in [-0.3, -0.25) is 4.79 Å². The number of hydrogen-bond acceptors (Lipinski definition) is 2. The van der Waals surface area contributed by atoms with Gasteiger partial charge in [0, 0.05) is 26.3 Å². The maximum atomic E-state index is 12.9. The molecule has 0 aliphatic carbocycles. The van der Waals surface area contributed by atoms with Crippen molar-refractivity contribution in [3.63, 3.8) is 0 Å². The Morgan fingerprint density at radius 2 is 2.25 bits per heavy atom. The lowest BCUT2D eigenvalue weighted by molar-refractivity contribution is 0.0744. The molecular weight excluding hydrogens is 233 g/mol. The average molecular weight is 246 g/mol. The molecule has 0 saturated carbocycles. The van der Waals surface area contributed by atoms with Crippen LogP contribution in [0.2, 0.25) is 5.02 Å². The van der Waals surface area contributed by atoms with Gasteiger partial charge in [0.2, 0.25) is 0 Å². The summed E-state index contributed by atoms with van der Waals surface area (Å²) in [4.78, 5) is 13.3. The molecule has 0 atom stereocenters. The predicted molar refractivity (Wildman–Crippen MR) is 60.2 cm³/mol. The Morgan fingerprint density at radius 1 is 1.56 bits per heavy atom. The van der Waals surface area contributed by atoms with E-state index in [9.17, 15) is 9.18 Å². The minimum Gasteiger partial charge on any atom is -0.383 e. The minimum atomic E-state index is -0.530. The highest BCUT2D eigenvalue weighted by Crippen LogP contribution is 2.16. The summed E-state index contributed by atoms with van der Waals surface area (Å²) < 4.78 is 17.8. The van der Waals surface area contributed by atoms with E-state index in [1.165, 1.54) is 23.1 Å². The maximum absolute atomic E-state index is 12.9. The van der Waals surface area contributed by atoms with Crippen LogP contribution in [0.15, 0.2) is 18.2 Å². The number of carbonyl (C=O) groups excluding carboxylic acids is 1. The topological polar surface area (TPSA) is 29.5 Å². The van der Waals surface area contributed by atoms with Crippen LogP contribution in [0.3, 0.4) is 0 Å². The van der Waals surface area contributed by atoms with Crippen LogP contribution in [-0.2, 0) is 4.74 Å². The Hall–Kier alpha value is -1.13. The number of nitrogens with zero attached hydrogens (tertiary/aromatic N) is 1. The largest absolute Gasteiger partial charge is 0.383 e. The van der Waals surface area contributed by atoms with Crippen molar-refractivity contribution in [2.45, 2.75) is 0 Å². The van der Waals surface area contributed by atoms with E-state index in [4.69, 9.17) is 16.3 Å². The molecule has 0 aromatic heterocycles. The lowest BCUT2D eigenvalue weighted by Crippen LogP contribution is -2.29. The van der Waals surface area contributed by atoms with Crippen molar-refractivity contribution in [1.29, 1.82) is 0 Å². The van der Waals surface area contributed by atoms with Crippen LogP contribution >= 0.6 is 11.6 Å². The summed E-state index contributed by atoms with van der Waals surface area (Å²) in [6.45, 7) is 0.932. The average Bonchev–Trinajstić information content (AvgIpc) is 2.28. The summed E-state index contributed by atoms with van der Waals surface area (Å²) in [5.41, 5.74) is 0.366. The van der Waals surface area contributed by atoms with E-state index in [1.54, 1.807) is 14.2 Å². The van der Waals surface area contributed by atoms with Crippen LogP contribution < -0.4 is 0 Å². The first kappa shape index (κ1) is 12.9. The van der Waals surface area contributed by atoms with E-state index in [1.807, 2.05) is 0 Å². The first-order valence-electron chi connectivity index (χ1n) is 4.75. The summed E-state index contributed by atoms with van der Waals surface area (Å²) in [5.74, 6) is -0.739. The molecule has 16 heavy (non-hydrogen) atoms. The fourth-order valence-corrected chi connectivity index (χ4v) is 1.36. The van der Waals surface area contributed by atoms with Gasteiger partial charge in [0.05, 0.1) is 11.6 Å². The SMILES string of the molecule is COCCN(C)C(=O)c1ccc(F)c(Cl)c1. The van der Waals surface area contributed by atoms with Crippen molar-refractivity contribution < 1.29 is 13.9 Å². The monoisotopic (exact) mass is 245 g/mol. The number of amides is 1. The summed E-state index contributed by atoms with van der Waals surface area (Å²) in [7, 11) is 3.21. The molecule has 5 heteroatoms. The highest BCUT2D eigenvalue weighted by atomic mass is 35.5. The molecule has 0 N–H and O–H groups in total. The number of halogens is 2. The third kappa shape index (κ3) is 3.18. The molecule has 0 unspecified atom stereocenters. The molecule has 0 spiro atoms. The second-order valence-electron chi connectivity index (χ2n) is 3.35. The van der Waals surface area contributed by atoms with Crippen LogP contribution in [0.4, 0.5) is 4.39 Å². The highest BCUT2D eigenvalue weighted by Gasteiger charge is 2.12. The molecule has 1 aromatic carbocycles. The van der Waals surface area contributed by atoms with Crippen LogP contribution in [0.1, 0.15) is 10.4 Å². The molecule has 0 saturated heterocycles. The fraction of sp³-hybridized carbons (Fsp3) is 0.364. The first-order valence-corrected chi connectivity index (χ1v) is 5.13. The molecule has 88 valence electrons. The third-order valence-electron chi connectivity index (χ3n) is 2.14. The molecule has 3 nitrogen and oxygen atoms in total. The normalized spacial score (nSPS) is 10.2. The van der Waals surface area contributed by atoms with Crippen molar-refractivity contribution in [3.05, 3.63) is 34.6 Å². The van der Waals surface area contributed by atoms with Crippen molar-refractivity contribution in [3.8, 4) is 0 Å². The summed E-state index contributed by atoms with van der Waals surface area (Å²) in [5, 5.41) is -0.0500. The van der Waals surface area contributed by atoms with Crippen molar-refractivity contribution in [2.24, 2.45) is 0 Å². The molecule has 0 aliphatic rings. The Morgan fingerprint density at radius 3 is 2.81 bits per heavy atom. The zero-order valence-corrected chi connectivity index (χ0v) is 9.92. The quantitative estimate of drug-likeness (QED) is 0.814. The number of methoxy groups -OCH3 is 1. The molecule has 0 bridgehead atoms. The van der Waals surface area contributed by atoms with Gasteiger partial charge in [0.15, 0.2) is 0 Å². The lowest BCUT2D eigenvalue weighted by Gasteiger charge is -2.16. The molecular formula is C11H13ClFNO2. The van der Waals surface area contributed by atoms with Gasteiger partial charge >= 0.3 is 0 Å². The molecule has 1 aromatic rings. The Bertz CT molecular complexity index is 384. The zero-order chi connectivity index (χ0) is 12.1. The number of hydrogen-bond donors (Lipinski definition) is 0. The molecule has 1 amide bonds. The molecule has 0 heterocycles. The van der Waals surface area contributed by atoms with E-state index in [0.717, 1.165) is 0 Å². The van der Waals surface area contributed by atoms with Crippen molar-refractivity contribution in [1.82, 2.24) is 4.90 Å². The second-order valence-corrected chi connectivity index (χ2v) is 3.76. The molecule has 0 radical (unpaired) electrons. The van der Waals surface area contributed by atoms with Crippen LogP contribution in [0, 0.1) is 5.82 Å². The highest BCUT2D eigenvalue weighted by molar-refractivity contribution is 6.31. The van der Waals surface area contributed by atoms with Gasteiger partial charge in [-0.05, 0) is 18.2 Å². The van der Waals surface area contributed by atoms with Gasteiger partial charge in [0.25, 0.3) is 5.91 Å². The first-order chi connectivity index (χ1) is 7.56. The van der Waals surface area contributed by atoms with Crippen molar-refractivity contribution >= 4 is 17.5 Å². The second kappa shape index (κ2) is 5.82.